The largest absolute Gasteiger partial charge is 0.350 e. The predicted octanol–water partition coefficient (Wildman–Crippen LogP) is 3.54. The number of carbonyl (C=O) groups excluding carboxylic acids is 1. The van der Waals surface area contributed by atoms with Crippen LogP contribution >= 0.6 is 12.2 Å². The number of H-pyrrole nitrogens is 1. The van der Waals surface area contributed by atoms with Gasteiger partial charge in [-0.3, -0.25) is 20.0 Å². The molecule has 0 fully saturated rings. The third kappa shape index (κ3) is 4.23. The molecule has 3 rings (SSSR count). The molecule has 0 unspecified atom stereocenters. The first-order valence-electron chi connectivity index (χ1n) is 8.52. The van der Waals surface area contributed by atoms with E-state index in [-0.39, 0.29) is 17.8 Å². The van der Waals surface area contributed by atoms with Crippen LogP contribution in [0.3, 0.4) is 0 Å². The number of nitrogens with zero attached hydrogens (tertiary/aromatic N) is 3. The van der Waals surface area contributed by atoms with Crippen LogP contribution in [-0.2, 0) is 13.1 Å². The molecular weight excluding hydrogens is 380 g/mol. The Kier molecular flexibility index (Phi) is 5.80. The number of anilines is 2. The normalized spacial score (nSPS) is 10.5. The van der Waals surface area contributed by atoms with Gasteiger partial charge in [0.25, 0.3) is 11.6 Å². The summed E-state index contributed by atoms with van der Waals surface area (Å²) >= 11 is 5.11. The molecule has 0 spiro atoms. The van der Waals surface area contributed by atoms with E-state index in [2.05, 4.69) is 20.8 Å². The maximum atomic E-state index is 12.4. The highest BCUT2D eigenvalue weighted by Gasteiger charge is 2.18. The summed E-state index contributed by atoms with van der Waals surface area (Å²) in [6, 6.07) is 13.4. The van der Waals surface area contributed by atoms with Gasteiger partial charge in [0.05, 0.1) is 11.5 Å². The van der Waals surface area contributed by atoms with Crippen LogP contribution in [0.25, 0.3) is 0 Å². The highest BCUT2D eigenvalue weighted by atomic mass is 32.1. The quantitative estimate of drug-likeness (QED) is 0.318. The van der Waals surface area contributed by atoms with Crippen molar-refractivity contribution >= 4 is 35.2 Å². The van der Waals surface area contributed by atoms with Gasteiger partial charge in [-0.15, -0.1) is 0 Å². The zero-order valence-corrected chi connectivity index (χ0v) is 15.8. The van der Waals surface area contributed by atoms with Gasteiger partial charge < -0.3 is 15.2 Å². The number of nitro groups is 1. The fourth-order valence-electron chi connectivity index (χ4n) is 2.68. The SMILES string of the molecule is CCn1c(CNC(=O)c2ccc(Nc3ccccc3)c([N+](=O)[O-])c2)n[nH]c1=S. The molecular formula is C18H18N6O3S. The Morgan fingerprint density at radius 2 is 2.04 bits per heavy atom. The Bertz CT molecular complexity index is 1060. The molecule has 1 amide bonds. The first-order valence-corrected chi connectivity index (χ1v) is 8.93. The van der Waals surface area contributed by atoms with Crippen molar-refractivity contribution in [3.05, 3.63) is 74.8 Å². The molecule has 10 heteroatoms. The van der Waals surface area contributed by atoms with Crippen molar-refractivity contribution in [2.45, 2.75) is 20.0 Å². The number of para-hydroxylation sites is 1. The van der Waals surface area contributed by atoms with E-state index in [9.17, 15) is 14.9 Å². The number of aromatic amines is 1. The molecule has 2 aromatic carbocycles. The summed E-state index contributed by atoms with van der Waals surface area (Å²) in [4.78, 5) is 23.4. The minimum absolute atomic E-state index is 0.150. The van der Waals surface area contributed by atoms with Crippen LogP contribution in [0.5, 0.6) is 0 Å². The second-order valence-electron chi connectivity index (χ2n) is 5.85. The van der Waals surface area contributed by atoms with Gasteiger partial charge >= 0.3 is 0 Å². The zero-order chi connectivity index (χ0) is 20.1. The summed E-state index contributed by atoms with van der Waals surface area (Å²) in [7, 11) is 0. The van der Waals surface area contributed by atoms with Gasteiger partial charge in [0.15, 0.2) is 10.6 Å². The second-order valence-corrected chi connectivity index (χ2v) is 6.24. The van der Waals surface area contributed by atoms with E-state index in [1.165, 1.54) is 18.2 Å². The number of hydrogen-bond donors (Lipinski definition) is 3. The van der Waals surface area contributed by atoms with Crippen LogP contribution in [0.15, 0.2) is 48.5 Å². The predicted molar refractivity (Wildman–Crippen MR) is 107 cm³/mol. The van der Waals surface area contributed by atoms with Crippen LogP contribution in [0, 0.1) is 14.9 Å². The lowest BCUT2D eigenvalue weighted by atomic mass is 10.1. The molecule has 0 aliphatic carbocycles. The first-order chi connectivity index (χ1) is 13.5. The molecule has 0 saturated carbocycles. The van der Waals surface area contributed by atoms with E-state index >= 15 is 0 Å². The number of hydrogen-bond acceptors (Lipinski definition) is 6. The van der Waals surface area contributed by atoms with Gasteiger partial charge in [-0.25, -0.2) is 0 Å². The van der Waals surface area contributed by atoms with Crippen molar-refractivity contribution in [3.8, 4) is 0 Å². The summed E-state index contributed by atoms with van der Waals surface area (Å²) in [6.45, 7) is 2.68. The van der Waals surface area contributed by atoms with Crippen molar-refractivity contribution in [2.24, 2.45) is 0 Å². The van der Waals surface area contributed by atoms with E-state index in [1.807, 2.05) is 25.1 Å². The molecule has 0 aliphatic heterocycles. The van der Waals surface area contributed by atoms with Crippen LogP contribution in [-0.4, -0.2) is 25.6 Å². The Morgan fingerprint density at radius 3 is 2.71 bits per heavy atom. The van der Waals surface area contributed by atoms with Gasteiger partial charge in [-0.05, 0) is 43.4 Å². The highest BCUT2D eigenvalue weighted by Crippen LogP contribution is 2.28. The number of nitro benzene ring substituents is 1. The summed E-state index contributed by atoms with van der Waals surface area (Å²) < 4.78 is 2.23. The molecule has 28 heavy (non-hydrogen) atoms. The van der Waals surface area contributed by atoms with Crippen LogP contribution in [0.1, 0.15) is 23.1 Å². The fourth-order valence-corrected chi connectivity index (χ4v) is 2.96. The van der Waals surface area contributed by atoms with Crippen molar-refractivity contribution in [1.82, 2.24) is 20.1 Å². The molecule has 0 saturated heterocycles. The number of benzene rings is 2. The van der Waals surface area contributed by atoms with Crippen LogP contribution in [0.4, 0.5) is 17.1 Å². The molecule has 1 aromatic heterocycles. The Morgan fingerprint density at radius 1 is 1.29 bits per heavy atom. The Balaban J connectivity index is 1.78. The number of nitrogens with one attached hydrogen (secondary N) is 3. The Labute approximate surface area is 165 Å². The van der Waals surface area contributed by atoms with Crippen molar-refractivity contribution < 1.29 is 9.72 Å². The van der Waals surface area contributed by atoms with E-state index in [4.69, 9.17) is 12.2 Å². The molecule has 0 aliphatic rings. The summed E-state index contributed by atoms with van der Waals surface area (Å²) in [5, 5.41) is 23.9. The second kappa shape index (κ2) is 8.44. The van der Waals surface area contributed by atoms with Crippen molar-refractivity contribution in [3.63, 3.8) is 0 Å². The lowest BCUT2D eigenvalue weighted by Gasteiger charge is -2.09. The molecule has 0 radical (unpaired) electrons. The van der Waals surface area contributed by atoms with Crippen molar-refractivity contribution in [2.75, 3.05) is 5.32 Å². The van der Waals surface area contributed by atoms with E-state index in [0.29, 0.717) is 28.5 Å². The number of aromatic nitrogens is 3. The van der Waals surface area contributed by atoms with Gasteiger partial charge in [0.1, 0.15) is 5.69 Å². The zero-order valence-electron chi connectivity index (χ0n) is 15.0. The first kappa shape index (κ1) is 19.2. The minimum Gasteiger partial charge on any atom is -0.350 e. The van der Waals surface area contributed by atoms with E-state index in [1.54, 1.807) is 16.7 Å². The Hall–Kier alpha value is -3.53. The van der Waals surface area contributed by atoms with Crippen LogP contribution in [0.2, 0.25) is 0 Å². The molecule has 3 aromatic rings. The van der Waals surface area contributed by atoms with E-state index in [0.717, 1.165) is 0 Å². The molecule has 3 N–H and O–H groups in total. The smallest absolute Gasteiger partial charge is 0.293 e. The number of rotatable bonds is 7. The molecule has 9 nitrogen and oxygen atoms in total. The monoisotopic (exact) mass is 398 g/mol. The maximum absolute atomic E-state index is 12.4. The summed E-state index contributed by atoms with van der Waals surface area (Å²) in [5.74, 6) is 0.142. The lowest BCUT2D eigenvalue weighted by molar-refractivity contribution is -0.383. The molecule has 144 valence electrons. The average molecular weight is 398 g/mol. The average Bonchev–Trinajstić information content (AvgIpc) is 3.06. The number of amides is 1. The molecule has 0 bridgehead atoms. The van der Waals surface area contributed by atoms with E-state index < -0.39 is 10.8 Å². The number of carbonyl (C=O) groups is 1. The fraction of sp³-hybridized carbons (Fsp3) is 0.167. The topological polar surface area (TPSA) is 118 Å². The third-order valence-corrected chi connectivity index (χ3v) is 4.38. The highest BCUT2D eigenvalue weighted by molar-refractivity contribution is 7.71. The minimum atomic E-state index is -0.524. The maximum Gasteiger partial charge on any atom is 0.293 e. The molecule has 1 heterocycles. The third-order valence-electron chi connectivity index (χ3n) is 4.07. The van der Waals surface area contributed by atoms with Gasteiger partial charge in [0.2, 0.25) is 0 Å². The molecule has 0 atom stereocenters. The lowest BCUT2D eigenvalue weighted by Crippen LogP contribution is -2.24. The summed E-state index contributed by atoms with van der Waals surface area (Å²) in [5.41, 5.74) is 1.01. The summed E-state index contributed by atoms with van der Waals surface area (Å²) in [6.07, 6.45) is 0. The van der Waals surface area contributed by atoms with Gasteiger partial charge in [0, 0.05) is 23.9 Å². The van der Waals surface area contributed by atoms with Crippen LogP contribution < -0.4 is 10.6 Å². The van der Waals surface area contributed by atoms with Gasteiger partial charge in [-0.1, -0.05) is 18.2 Å². The van der Waals surface area contributed by atoms with Crippen molar-refractivity contribution in [1.29, 1.82) is 0 Å². The van der Waals surface area contributed by atoms with Gasteiger partial charge in [-0.2, -0.15) is 5.10 Å². The standard InChI is InChI=1S/C18H18N6O3S/c1-2-23-16(21-22-18(23)28)11-19-17(25)12-8-9-14(15(10-12)24(26)27)20-13-6-4-3-5-7-13/h3-10,20H,2,11H2,1H3,(H,19,25)(H,22,28).